The fourth-order valence-corrected chi connectivity index (χ4v) is 2.67. The maximum Gasteiger partial charge on any atom is 0.407 e. The smallest absolute Gasteiger partial charge is 0.407 e. The minimum atomic E-state index is -0.548. The minimum absolute atomic E-state index is 0.0167. The Balaban J connectivity index is 1.80. The molecule has 0 radical (unpaired) electrons. The van der Waals surface area contributed by atoms with Gasteiger partial charge in [-0.05, 0) is 45.7 Å². The van der Waals surface area contributed by atoms with Gasteiger partial charge in [0.25, 0.3) is 0 Å². The third-order valence-electron chi connectivity index (χ3n) is 3.74. The Morgan fingerprint density at radius 2 is 1.93 bits per heavy atom. The molecule has 0 saturated heterocycles. The van der Waals surface area contributed by atoms with Crippen LogP contribution >= 0.6 is 11.6 Å². The van der Waals surface area contributed by atoms with Gasteiger partial charge in [0, 0.05) is 18.4 Å². The molecule has 146 valence electrons. The zero-order chi connectivity index (χ0) is 20.0. The van der Waals surface area contributed by atoms with Crippen LogP contribution in [0.3, 0.4) is 0 Å². The molecular formula is C20H25ClN2O4. The van der Waals surface area contributed by atoms with Crippen LogP contribution in [-0.2, 0) is 20.9 Å². The van der Waals surface area contributed by atoms with Gasteiger partial charge in [-0.2, -0.15) is 0 Å². The van der Waals surface area contributed by atoms with Gasteiger partial charge in [0.2, 0.25) is 0 Å². The summed E-state index contributed by atoms with van der Waals surface area (Å²) in [5, 5.41) is 4.09. The first-order valence-electron chi connectivity index (χ1n) is 8.83. The third kappa shape index (κ3) is 6.40. The molecule has 6 nitrogen and oxygen atoms in total. The number of alkyl carbamates (subject to hydrolysis) is 1. The van der Waals surface area contributed by atoms with Gasteiger partial charge < -0.3 is 14.8 Å². The predicted molar refractivity (Wildman–Crippen MR) is 105 cm³/mol. The molecular weight excluding hydrogens is 368 g/mol. The molecule has 0 bridgehead atoms. The molecule has 0 atom stereocenters. The molecule has 0 spiro atoms. The predicted octanol–water partition coefficient (Wildman–Crippen LogP) is 4.54. The number of nitrogens with one attached hydrogen (secondary N) is 1. The topological polar surface area (TPSA) is 77.5 Å². The van der Waals surface area contributed by atoms with Crippen LogP contribution < -0.4 is 5.32 Å². The van der Waals surface area contributed by atoms with Gasteiger partial charge in [0.1, 0.15) is 12.2 Å². The van der Waals surface area contributed by atoms with Crippen LogP contribution in [0, 0.1) is 6.92 Å². The first-order chi connectivity index (χ1) is 12.7. The molecule has 0 fully saturated rings. The Morgan fingerprint density at radius 3 is 2.63 bits per heavy atom. The highest BCUT2D eigenvalue weighted by Crippen LogP contribution is 2.27. The number of esters is 1. The van der Waals surface area contributed by atoms with Crippen molar-refractivity contribution in [2.75, 3.05) is 6.54 Å². The van der Waals surface area contributed by atoms with E-state index in [4.69, 9.17) is 21.1 Å². The Bertz CT molecular complexity index is 831. The largest absolute Gasteiger partial charge is 0.459 e. The summed E-state index contributed by atoms with van der Waals surface area (Å²) in [5.74, 6) is -0.371. The van der Waals surface area contributed by atoms with E-state index < -0.39 is 11.7 Å². The van der Waals surface area contributed by atoms with E-state index in [-0.39, 0.29) is 19.0 Å². The molecule has 1 aromatic heterocycles. The number of carbonyl (C=O) groups excluding carboxylic acids is 2. The number of amides is 1. The first kappa shape index (κ1) is 21.0. The van der Waals surface area contributed by atoms with Crippen LogP contribution in [-0.4, -0.2) is 29.2 Å². The van der Waals surface area contributed by atoms with Crippen LogP contribution in [0.4, 0.5) is 4.79 Å². The second-order valence-electron chi connectivity index (χ2n) is 7.21. The van der Waals surface area contributed by atoms with Gasteiger partial charge in [0.05, 0.1) is 16.2 Å². The number of hydrogen-bond donors (Lipinski definition) is 1. The maximum absolute atomic E-state index is 11.9. The number of carbonyl (C=O) groups is 2. The SMILES string of the molecule is Cc1c(Cl)c(COC(=O)CCCNC(=O)OC(C)(C)C)nc2ccccc12. The van der Waals surface area contributed by atoms with E-state index in [0.717, 1.165) is 16.5 Å². The number of ether oxygens (including phenoxy) is 2. The summed E-state index contributed by atoms with van der Waals surface area (Å²) < 4.78 is 10.4. The van der Waals surface area contributed by atoms with Crippen molar-refractivity contribution in [3.8, 4) is 0 Å². The zero-order valence-electron chi connectivity index (χ0n) is 16.1. The molecule has 2 rings (SSSR count). The number of benzene rings is 1. The standard InChI is InChI=1S/C20H25ClN2O4/c1-13-14-8-5-6-9-15(14)23-16(18(13)21)12-26-17(24)10-7-11-22-19(25)27-20(2,3)4/h5-6,8-9H,7,10-12H2,1-4H3,(H,22,25). The average molecular weight is 393 g/mol. The lowest BCUT2D eigenvalue weighted by molar-refractivity contribution is -0.145. The second-order valence-corrected chi connectivity index (χ2v) is 7.59. The van der Waals surface area contributed by atoms with Crippen LogP contribution in [0.25, 0.3) is 10.9 Å². The number of hydrogen-bond acceptors (Lipinski definition) is 5. The van der Waals surface area contributed by atoms with Crippen molar-refractivity contribution >= 4 is 34.6 Å². The number of halogens is 1. The normalized spacial score (nSPS) is 11.3. The van der Waals surface area contributed by atoms with E-state index in [0.29, 0.717) is 23.7 Å². The minimum Gasteiger partial charge on any atom is -0.459 e. The highest BCUT2D eigenvalue weighted by Gasteiger charge is 2.16. The van der Waals surface area contributed by atoms with Crippen molar-refractivity contribution in [1.82, 2.24) is 10.3 Å². The summed E-state index contributed by atoms with van der Waals surface area (Å²) in [6.45, 7) is 7.63. The third-order valence-corrected chi connectivity index (χ3v) is 4.24. The Morgan fingerprint density at radius 1 is 1.22 bits per heavy atom. The van der Waals surface area contributed by atoms with E-state index in [9.17, 15) is 9.59 Å². The number of aryl methyl sites for hydroxylation is 1. The Hall–Kier alpha value is -2.34. The van der Waals surface area contributed by atoms with Gasteiger partial charge >= 0.3 is 12.1 Å². The fraction of sp³-hybridized carbons (Fsp3) is 0.450. The number of rotatable bonds is 6. The lowest BCUT2D eigenvalue weighted by Gasteiger charge is -2.19. The average Bonchev–Trinajstić information content (AvgIpc) is 2.59. The number of nitrogens with zero attached hydrogens (tertiary/aromatic N) is 1. The van der Waals surface area contributed by atoms with E-state index in [1.807, 2.05) is 31.2 Å². The Labute approximate surface area is 164 Å². The lowest BCUT2D eigenvalue weighted by Crippen LogP contribution is -2.33. The molecule has 2 aromatic rings. The molecule has 0 aliphatic rings. The summed E-state index contributed by atoms with van der Waals surface area (Å²) in [6, 6.07) is 7.68. The fourth-order valence-electron chi connectivity index (χ4n) is 2.47. The first-order valence-corrected chi connectivity index (χ1v) is 9.21. The van der Waals surface area contributed by atoms with Gasteiger partial charge in [0.15, 0.2) is 0 Å². The van der Waals surface area contributed by atoms with Crippen molar-refractivity contribution < 1.29 is 19.1 Å². The molecule has 1 N–H and O–H groups in total. The van der Waals surface area contributed by atoms with E-state index in [1.54, 1.807) is 20.8 Å². The zero-order valence-corrected chi connectivity index (χ0v) is 16.9. The monoisotopic (exact) mass is 392 g/mol. The van der Waals surface area contributed by atoms with Crippen LogP contribution in [0.2, 0.25) is 5.02 Å². The molecule has 0 saturated carbocycles. The number of pyridine rings is 1. The van der Waals surface area contributed by atoms with E-state index in [1.165, 1.54) is 0 Å². The van der Waals surface area contributed by atoms with Crippen LogP contribution in [0.5, 0.6) is 0 Å². The van der Waals surface area contributed by atoms with Gasteiger partial charge in [-0.1, -0.05) is 29.8 Å². The molecule has 27 heavy (non-hydrogen) atoms. The van der Waals surface area contributed by atoms with Crippen molar-refractivity contribution in [2.24, 2.45) is 0 Å². The maximum atomic E-state index is 11.9. The van der Waals surface area contributed by atoms with Gasteiger partial charge in [-0.15, -0.1) is 0 Å². The molecule has 0 unspecified atom stereocenters. The van der Waals surface area contributed by atoms with Crippen molar-refractivity contribution in [3.63, 3.8) is 0 Å². The molecule has 0 aliphatic carbocycles. The number of aromatic nitrogens is 1. The highest BCUT2D eigenvalue weighted by molar-refractivity contribution is 6.32. The van der Waals surface area contributed by atoms with Crippen molar-refractivity contribution in [2.45, 2.75) is 52.7 Å². The molecule has 0 aliphatic heterocycles. The summed E-state index contributed by atoms with van der Waals surface area (Å²) >= 11 is 6.35. The summed E-state index contributed by atoms with van der Waals surface area (Å²) in [6.07, 6.45) is 0.133. The number of fused-ring (bicyclic) bond motifs is 1. The van der Waals surface area contributed by atoms with Gasteiger partial charge in [-0.3, -0.25) is 4.79 Å². The van der Waals surface area contributed by atoms with Crippen molar-refractivity contribution in [1.29, 1.82) is 0 Å². The molecule has 1 amide bonds. The summed E-state index contributed by atoms with van der Waals surface area (Å²) in [7, 11) is 0. The molecule has 1 heterocycles. The van der Waals surface area contributed by atoms with Crippen LogP contribution in [0.1, 0.15) is 44.9 Å². The molecule has 7 heteroatoms. The summed E-state index contributed by atoms with van der Waals surface area (Å²) in [4.78, 5) is 27.9. The van der Waals surface area contributed by atoms with Crippen LogP contribution in [0.15, 0.2) is 24.3 Å². The quantitative estimate of drug-likeness (QED) is 0.576. The second kappa shape index (κ2) is 9.04. The summed E-state index contributed by atoms with van der Waals surface area (Å²) in [5.41, 5.74) is 1.71. The van der Waals surface area contributed by atoms with Gasteiger partial charge in [-0.25, -0.2) is 9.78 Å². The number of para-hydroxylation sites is 1. The Kier molecular flexibility index (Phi) is 7.02. The van der Waals surface area contributed by atoms with E-state index >= 15 is 0 Å². The highest BCUT2D eigenvalue weighted by atomic mass is 35.5. The molecule has 1 aromatic carbocycles. The van der Waals surface area contributed by atoms with Crippen molar-refractivity contribution in [3.05, 3.63) is 40.5 Å². The lowest BCUT2D eigenvalue weighted by atomic mass is 10.1. The van der Waals surface area contributed by atoms with E-state index in [2.05, 4.69) is 10.3 Å².